The Morgan fingerprint density at radius 3 is 2.86 bits per heavy atom. The number of likely N-dealkylation sites (tertiary alicyclic amines) is 1. The molecule has 1 aliphatic rings. The van der Waals surface area contributed by atoms with Gasteiger partial charge >= 0.3 is 5.97 Å². The van der Waals surface area contributed by atoms with Gasteiger partial charge in [0.1, 0.15) is 6.04 Å². The van der Waals surface area contributed by atoms with E-state index in [1.807, 2.05) is 25.1 Å². The third-order valence-corrected chi connectivity index (χ3v) is 3.89. The molecule has 5 heteroatoms. The maximum Gasteiger partial charge on any atom is 0.326 e. The predicted molar refractivity (Wildman–Crippen MR) is 78.2 cm³/mol. The summed E-state index contributed by atoms with van der Waals surface area (Å²) in [6.07, 6.45) is 1.23. The summed E-state index contributed by atoms with van der Waals surface area (Å²) in [5.74, 6) is -1.19. The second-order valence-corrected chi connectivity index (χ2v) is 5.32. The van der Waals surface area contributed by atoms with Crippen molar-refractivity contribution in [2.45, 2.75) is 25.8 Å². The fraction of sp³-hybridized carbons (Fsp3) is 0.312. The third kappa shape index (κ3) is 2.35. The van der Waals surface area contributed by atoms with Gasteiger partial charge in [-0.25, -0.2) is 4.79 Å². The average molecular weight is 284 g/mol. The van der Waals surface area contributed by atoms with E-state index in [0.717, 1.165) is 17.5 Å². The van der Waals surface area contributed by atoms with Crippen molar-refractivity contribution in [3.05, 3.63) is 41.6 Å². The van der Waals surface area contributed by atoms with Crippen LogP contribution in [0.15, 0.2) is 30.3 Å². The summed E-state index contributed by atoms with van der Waals surface area (Å²) in [6.45, 7) is 2.36. The van der Waals surface area contributed by atoms with Crippen LogP contribution >= 0.6 is 0 Å². The van der Waals surface area contributed by atoms with Crippen molar-refractivity contribution in [2.75, 3.05) is 6.54 Å². The van der Waals surface area contributed by atoms with E-state index in [-0.39, 0.29) is 5.91 Å². The van der Waals surface area contributed by atoms with Gasteiger partial charge in [0.2, 0.25) is 0 Å². The number of aromatic nitrogens is 1. The second kappa shape index (κ2) is 5.16. The lowest BCUT2D eigenvalue weighted by Gasteiger charge is -2.22. The molecule has 0 unspecified atom stereocenters. The van der Waals surface area contributed by atoms with Gasteiger partial charge in [-0.05, 0) is 31.9 Å². The van der Waals surface area contributed by atoms with Crippen LogP contribution in [0.3, 0.4) is 0 Å². The molecule has 1 atom stereocenters. The number of para-hydroxylation sites is 1. The molecule has 1 aromatic heterocycles. The minimum atomic E-state index is -0.940. The Bertz CT molecular complexity index is 727. The molecule has 0 radical (unpaired) electrons. The number of hydrogen-bond donors (Lipinski definition) is 1. The fourth-order valence-electron chi connectivity index (χ4n) is 2.84. The number of benzene rings is 1. The SMILES string of the molecule is Cc1ccc2cccc(C(=O)N3CCC[C@@H]3C(=O)O)c2n1. The van der Waals surface area contributed by atoms with Crippen molar-refractivity contribution in [2.24, 2.45) is 0 Å². The Balaban J connectivity index is 2.06. The van der Waals surface area contributed by atoms with Crippen LogP contribution in [0.5, 0.6) is 0 Å². The van der Waals surface area contributed by atoms with Gasteiger partial charge in [0, 0.05) is 17.6 Å². The van der Waals surface area contributed by atoms with Crippen LogP contribution in [0.25, 0.3) is 10.9 Å². The van der Waals surface area contributed by atoms with E-state index in [2.05, 4.69) is 4.98 Å². The fourth-order valence-corrected chi connectivity index (χ4v) is 2.84. The lowest BCUT2D eigenvalue weighted by atomic mass is 10.1. The molecule has 0 bridgehead atoms. The number of carboxylic acids is 1. The highest BCUT2D eigenvalue weighted by Crippen LogP contribution is 2.24. The number of rotatable bonds is 2. The predicted octanol–water partition coefficient (Wildman–Crippen LogP) is 2.23. The number of amides is 1. The summed E-state index contributed by atoms with van der Waals surface area (Å²) in [7, 11) is 0. The normalized spacial score (nSPS) is 18.1. The van der Waals surface area contributed by atoms with Crippen LogP contribution in [0.1, 0.15) is 28.9 Å². The number of fused-ring (bicyclic) bond motifs is 1. The molecule has 0 saturated carbocycles. The minimum Gasteiger partial charge on any atom is -0.480 e. The Morgan fingerprint density at radius 1 is 1.29 bits per heavy atom. The topological polar surface area (TPSA) is 70.5 Å². The maximum atomic E-state index is 12.7. The zero-order chi connectivity index (χ0) is 15.0. The zero-order valence-electron chi connectivity index (χ0n) is 11.7. The molecule has 108 valence electrons. The van der Waals surface area contributed by atoms with Crippen molar-refractivity contribution in [1.82, 2.24) is 9.88 Å². The number of aliphatic carboxylic acids is 1. The first-order valence-corrected chi connectivity index (χ1v) is 6.98. The number of nitrogens with zero attached hydrogens (tertiary/aromatic N) is 2. The van der Waals surface area contributed by atoms with Gasteiger partial charge in [0.05, 0.1) is 11.1 Å². The van der Waals surface area contributed by atoms with E-state index in [4.69, 9.17) is 0 Å². The first kappa shape index (κ1) is 13.5. The Kier molecular flexibility index (Phi) is 3.33. The van der Waals surface area contributed by atoms with E-state index < -0.39 is 12.0 Å². The summed E-state index contributed by atoms with van der Waals surface area (Å²) in [5, 5.41) is 10.1. The van der Waals surface area contributed by atoms with Gasteiger partial charge < -0.3 is 10.0 Å². The lowest BCUT2D eigenvalue weighted by Crippen LogP contribution is -2.40. The molecule has 5 nitrogen and oxygen atoms in total. The second-order valence-electron chi connectivity index (χ2n) is 5.32. The highest BCUT2D eigenvalue weighted by molar-refractivity contribution is 6.06. The van der Waals surface area contributed by atoms with E-state index in [1.54, 1.807) is 12.1 Å². The Labute approximate surface area is 122 Å². The molecule has 1 amide bonds. The van der Waals surface area contributed by atoms with Gasteiger partial charge in [-0.2, -0.15) is 0 Å². The van der Waals surface area contributed by atoms with Crippen LogP contribution in [0.2, 0.25) is 0 Å². The minimum absolute atomic E-state index is 0.247. The molecule has 1 N–H and O–H groups in total. The number of aryl methyl sites for hydroxylation is 1. The van der Waals surface area contributed by atoms with E-state index in [1.165, 1.54) is 4.90 Å². The molecular formula is C16H16N2O3. The average Bonchev–Trinajstić information content (AvgIpc) is 2.95. The molecule has 3 rings (SSSR count). The number of carbonyl (C=O) groups excluding carboxylic acids is 1. The largest absolute Gasteiger partial charge is 0.480 e. The molecule has 1 fully saturated rings. The standard InChI is InChI=1S/C16H16N2O3/c1-10-7-8-11-4-2-5-12(14(11)17-10)15(19)18-9-3-6-13(18)16(20)21/h2,4-5,7-8,13H,3,6,9H2,1H3,(H,20,21)/t13-/m1/s1. The van der Waals surface area contributed by atoms with Crippen molar-refractivity contribution in [3.8, 4) is 0 Å². The molecule has 2 heterocycles. The molecule has 0 aliphatic carbocycles. The van der Waals surface area contributed by atoms with E-state index in [9.17, 15) is 14.7 Å². The highest BCUT2D eigenvalue weighted by Gasteiger charge is 2.35. The summed E-state index contributed by atoms with van der Waals surface area (Å²) in [4.78, 5) is 29.9. The van der Waals surface area contributed by atoms with Gasteiger partial charge in [0.25, 0.3) is 5.91 Å². The van der Waals surface area contributed by atoms with E-state index in [0.29, 0.717) is 24.0 Å². The van der Waals surface area contributed by atoms with Gasteiger partial charge in [-0.3, -0.25) is 9.78 Å². The van der Waals surface area contributed by atoms with Crippen molar-refractivity contribution >= 4 is 22.8 Å². The quantitative estimate of drug-likeness (QED) is 0.918. The molecule has 2 aromatic rings. The Morgan fingerprint density at radius 2 is 2.10 bits per heavy atom. The smallest absolute Gasteiger partial charge is 0.326 e. The monoisotopic (exact) mass is 284 g/mol. The molecule has 1 saturated heterocycles. The molecule has 21 heavy (non-hydrogen) atoms. The van der Waals surface area contributed by atoms with Gasteiger partial charge in [-0.1, -0.05) is 18.2 Å². The summed E-state index contributed by atoms with van der Waals surface area (Å²) in [6, 6.07) is 8.52. The van der Waals surface area contributed by atoms with Gasteiger partial charge in [0.15, 0.2) is 0 Å². The lowest BCUT2D eigenvalue weighted by molar-refractivity contribution is -0.141. The number of carbonyl (C=O) groups is 2. The number of hydrogen-bond acceptors (Lipinski definition) is 3. The van der Waals surface area contributed by atoms with Crippen molar-refractivity contribution < 1.29 is 14.7 Å². The maximum absolute atomic E-state index is 12.7. The molecule has 1 aliphatic heterocycles. The molecular weight excluding hydrogens is 268 g/mol. The van der Waals surface area contributed by atoms with E-state index >= 15 is 0 Å². The summed E-state index contributed by atoms with van der Waals surface area (Å²) < 4.78 is 0. The van der Waals surface area contributed by atoms with Crippen LogP contribution in [0, 0.1) is 6.92 Å². The van der Waals surface area contributed by atoms with Crippen LogP contribution in [-0.4, -0.2) is 39.5 Å². The molecule has 0 spiro atoms. The first-order chi connectivity index (χ1) is 10.1. The zero-order valence-corrected chi connectivity index (χ0v) is 11.7. The van der Waals surface area contributed by atoms with Gasteiger partial charge in [-0.15, -0.1) is 0 Å². The number of pyridine rings is 1. The summed E-state index contributed by atoms with van der Waals surface area (Å²) >= 11 is 0. The van der Waals surface area contributed by atoms with Crippen LogP contribution in [0.4, 0.5) is 0 Å². The van der Waals surface area contributed by atoms with Crippen LogP contribution < -0.4 is 0 Å². The summed E-state index contributed by atoms with van der Waals surface area (Å²) in [5.41, 5.74) is 1.95. The third-order valence-electron chi connectivity index (χ3n) is 3.89. The first-order valence-electron chi connectivity index (χ1n) is 6.98. The highest BCUT2D eigenvalue weighted by atomic mass is 16.4. The molecule has 1 aromatic carbocycles. The van der Waals surface area contributed by atoms with Crippen molar-refractivity contribution in [3.63, 3.8) is 0 Å². The van der Waals surface area contributed by atoms with Crippen LogP contribution in [-0.2, 0) is 4.79 Å². The Hall–Kier alpha value is -2.43. The number of carboxylic acid groups (broad SMARTS) is 1. The van der Waals surface area contributed by atoms with Crippen molar-refractivity contribution in [1.29, 1.82) is 0 Å².